The number of carbonyl (C=O) groups is 1. The molecule has 4 aromatic rings. The summed E-state index contributed by atoms with van der Waals surface area (Å²) in [4.78, 5) is 27.1. The number of anilines is 1. The summed E-state index contributed by atoms with van der Waals surface area (Å²) in [5, 5.41) is 14.4. The number of nitrogens with zero attached hydrogens (tertiary/aromatic N) is 2. The van der Waals surface area contributed by atoms with Crippen molar-refractivity contribution in [3.05, 3.63) is 82.4 Å². The van der Waals surface area contributed by atoms with Gasteiger partial charge in [-0.1, -0.05) is 12.1 Å². The number of rotatable bonds is 6. The van der Waals surface area contributed by atoms with E-state index in [4.69, 9.17) is 9.47 Å². The number of ether oxygens (including phenoxy) is 2. The summed E-state index contributed by atoms with van der Waals surface area (Å²) in [5.41, 5.74) is 2.91. The predicted molar refractivity (Wildman–Crippen MR) is 119 cm³/mol. The normalized spacial score (nSPS) is 10.6. The van der Waals surface area contributed by atoms with Gasteiger partial charge in [-0.2, -0.15) is 0 Å². The maximum Gasteiger partial charge on any atom is 0.411 e. The fraction of sp³-hybridized carbons (Fsp3) is 0.0909. The molecule has 0 aliphatic heterocycles. The van der Waals surface area contributed by atoms with Crippen LogP contribution in [-0.4, -0.2) is 23.1 Å². The molecule has 3 aromatic carbocycles. The number of non-ortho nitro benzene ring substituents is 1. The SMILES string of the molecule is COc1cc([N+](=O)[O-])ccc1COC(=O)Nc1ccc(-c2nc3ccccc3s2)cc1. The van der Waals surface area contributed by atoms with Gasteiger partial charge >= 0.3 is 6.09 Å². The van der Waals surface area contributed by atoms with Gasteiger partial charge in [-0.25, -0.2) is 9.78 Å². The fourth-order valence-electron chi connectivity index (χ4n) is 2.96. The molecule has 0 atom stereocenters. The zero-order chi connectivity index (χ0) is 21.8. The molecule has 0 saturated carbocycles. The topological polar surface area (TPSA) is 104 Å². The van der Waals surface area contributed by atoms with Crippen molar-refractivity contribution in [3.8, 4) is 16.3 Å². The molecule has 0 aliphatic rings. The highest BCUT2D eigenvalue weighted by molar-refractivity contribution is 7.21. The minimum Gasteiger partial charge on any atom is -0.496 e. The Morgan fingerprint density at radius 1 is 1.13 bits per heavy atom. The molecule has 0 radical (unpaired) electrons. The van der Waals surface area contributed by atoms with E-state index in [0.29, 0.717) is 11.3 Å². The molecule has 4 rings (SSSR count). The largest absolute Gasteiger partial charge is 0.496 e. The van der Waals surface area contributed by atoms with Crippen LogP contribution in [0.2, 0.25) is 0 Å². The molecule has 8 nitrogen and oxygen atoms in total. The summed E-state index contributed by atoms with van der Waals surface area (Å²) < 4.78 is 11.5. The Labute approximate surface area is 181 Å². The van der Waals surface area contributed by atoms with Gasteiger partial charge in [-0.3, -0.25) is 15.4 Å². The van der Waals surface area contributed by atoms with E-state index in [9.17, 15) is 14.9 Å². The van der Waals surface area contributed by atoms with Gasteiger partial charge in [0, 0.05) is 22.9 Å². The van der Waals surface area contributed by atoms with E-state index in [1.165, 1.54) is 25.3 Å². The number of nitro groups is 1. The second-order valence-electron chi connectivity index (χ2n) is 6.52. The van der Waals surface area contributed by atoms with Crippen molar-refractivity contribution in [2.24, 2.45) is 0 Å². The lowest BCUT2D eigenvalue weighted by Crippen LogP contribution is -2.13. The average Bonchev–Trinajstić information content (AvgIpc) is 3.22. The van der Waals surface area contributed by atoms with Crippen molar-refractivity contribution in [3.63, 3.8) is 0 Å². The van der Waals surface area contributed by atoms with E-state index in [2.05, 4.69) is 10.3 Å². The number of thiazole rings is 1. The molecule has 1 aromatic heterocycles. The van der Waals surface area contributed by atoms with Gasteiger partial charge in [0.1, 0.15) is 17.4 Å². The maximum absolute atomic E-state index is 12.1. The van der Waals surface area contributed by atoms with Crippen LogP contribution in [0.3, 0.4) is 0 Å². The van der Waals surface area contributed by atoms with E-state index in [1.807, 2.05) is 36.4 Å². The molecule has 0 fully saturated rings. The van der Waals surface area contributed by atoms with Crippen LogP contribution in [0.15, 0.2) is 66.7 Å². The highest BCUT2D eigenvalue weighted by Gasteiger charge is 2.13. The number of aromatic nitrogens is 1. The first kappa shape index (κ1) is 20.3. The molecule has 0 aliphatic carbocycles. The summed E-state index contributed by atoms with van der Waals surface area (Å²) in [7, 11) is 1.40. The van der Waals surface area contributed by atoms with Crippen LogP contribution in [0.1, 0.15) is 5.56 Å². The second kappa shape index (κ2) is 8.80. The zero-order valence-electron chi connectivity index (χ0n) is 16.4. The molecule has 0 unspecified atom stereocenters. The quantitative estimate of drug-likeness (QED) is 0.311. The number of nitrogens with one attached hydrogen (secondary N) is 1. The molecule has 0 saturated heterocycles. The van der Waals surface area contributed by atoms with Crippen LogP contribution >= 0.6 is 11.3 Å². The lowest BCUT2D eigenvalue weighted by Gasteiger charge is -2.10. The third-order valence-corrected chi connectivity index (χ3v) is 5.60. The number of benzene rings is 3. The highest BCUT2D eigenvalue weighted by atomic mass is 32.1. The van der Waals surface area contributed by atoms with Gasteiger partial charge in [0.15, 0.2) is 0 Å². The summed E-state index contributed by atoms with van der Waals surface area (Å²) in [6.45, 7) is -0.0865. The van der Waals surface area contributed by atoms with Crippen LogP contribution in [0.5, 0.6) is 5.75 Å². The molecule has 31 heavy (non-hydrogen) atoms. The van der Waals surface area contributed by atoms with E-state index in [1.54, 1.807) is 23.5 Å². The average molecular weight is 435 g/mol. The molecule has 9 heteroatoms. The van der Waals surface area contributed by atoms with Gasteiger partial charge in [0.25, 0.3) is 5.69 Å². The summed E-state index contributed by atoms with van der Waals surface area (Å²) in [6, 6.07) is 19.4. The van der Waals surface area contributed by atoms with Crippen molar-refractivity contribution in [2.75, 3.05) is 12.4 Å². The highest BCUT2D eigenvalue weighted by Crippen LogP contribution is 2.30. The molecule has 0 spiro atoms. The maximum atomic E-state index is 12.1. The van der Waals surface area contributed by atoms with Gasteiger partial charge in [-0.15, -0.1) is 11.3 Å². The molecule has 1 N–H and O–H groups in total. The Bertz CT molecular complexity index is 1220. The minimum absolute atomic E-state index is 0.0865. The fourth-order valence-corrected chi connectivity index (χ4v) is 3.93. The Balaban J connectivity index is 1.38. The number of carbonyl (C=O) groups excluding carboxylic acids is 1. The van der Waals surface area contributed by atoms with Crippen molar-refractivity contribution >= 4 is 39.0 Å². The third kappa shape index (κ3) is 4.62. The molecular formula is C22H17N3O5S. The molecule has 156 valence electrons. The van der Waals surface area contributed by atoms with Crippen LogP contribution in [-0.2, 0) is 11.3 Å². The van der Waals surface area contributed by atoms with Crippen LogP contribution in [0.4, 0.5) is 16.2 Å². The Morgan fingerprint density at radius 3 is 2.61 bits per heavy atom. The summed E-state index contributed by atoms with van der Waals surface area (Å²) >= 11 is 1.60. The van der Waals surface area contributed by atoms with E-state index in [0.717, 1.165) is 20.8 Å². The molecule has 1 amide bonds. The predicted octanol–water partition coefficient (Wildman–Crippen LogP) is 5.63. The lowest BCUT2D eigenvalue weighted by atomic mass is 10.2. The standard InChI is InChI=1S/C22H17N3O5S/c1-29-19-12-17(25(27)28)11-8-15(19)13-30-22(26)23-16-9-6-14(7-10-16)21-24-18-4-2-3-5-20(18)31-21/h2-12H,13H2,1H3,(H,23,26). The number of amides is 1. The van der Waals surface area contributed by atoms with Crippen molar-refractivity contribution in [1.82, 2.24) is 4.98 Å². The van der Waals surface area contributed by atoms with Crippen LogP contribution in [0, 0.1) is 10.1 Å². The van der Waals surface area contributed by atoms with Crippen LogP contribution in [0.25, 0.3) is 20.8 Å². The number of hydrogen-bond donors (Lipinski definition) is 1. The van der Waals surface area contributed by atoms with Crippen LogP contribution < -0.4 is 10.1 Å². The Morgan fingerprint density at radius 2 is 1.90 bits per heavy atom. The first-order chi connectivity index (χ1) is 15.0. The first-order valence-electron chi connectivity index (χ1n) is 9.24. The van der Waals surface area contributed by atoms with Crippen molar-refractivity contribution in [2.45, 2.75) is 6.61 Å². The third-order valence-electron chi connectivity index (χ3n) is 4.51. The Hall–Kier alpha value is -3.98. The van der Waals surface area contributed by atoms with E-state index >= 15 is 0 Å². The van der Waals surface area contributed by atoms with Gasteiger partial charge < -0.3 is 9.47 Å². The second-order valence-corrected chi connectivity index (χ2v) is 7.55. The number of fused-ring (bicyclic) bond motifs is 1. The van der Waals surface area contributed by atoms with Gasteiger partial charge in [-0.05, 0) is 42.5 Å². The van der Waals surface area contributed by atoms with Crippen molar-refractivity contribution < 1.29 is 19.2 Å². The van der Waals surface area contributed by atoms with E-state index in [-0.39, 0.29) is 18.0 Å². The number of methoxy groups -OCH3 is 1. The molecule has 1 heterocycles. The van der Waals surface area contributed by atoms with Gasteiger partial charge in [0.2, 0.25) is 0 Å². The summed E-state index contributed by atoms with van der Waals surface area (Å²) in [5.74, 6) is 0.280. The molecular weight excluding hydrogens is 418 g/mol. The summed E-state index contributed by atoms with van der Waals surface area (Å²) in [6.07, 6.45) is -0.645. The zero-order valence-corrected chi connectivity index (χ0v) is 17.2. The lowest BCUT2D eigenvalue weighted by molar-refractivity contribution is -0.384. The minimum atomic E-state index is -0.645. The van der Waals surface area contributed by atoms with E-state index < -0.39 is 11.0 Å². The molecule has 0 bridgehead atoms. The first-order valence-corrected chi connectivity index (χ1v) is 10.1. The monoisotopic (exact) mass is 435 g/mol. The Kier molecular flexibility index (Phi) is 5.76. The number of para-hydroxylation sites is 1. The van der Waals surface area contributed by atoms with Crippen molar-refractivity contribution in [1.29, 1.82) is 0 Å². The number of nitro benzene ring substituents is 1. The smallest absolute Gasteiger partial charge is 0.411 e. The number of hydrogen-bond acceptors (Lipinski definition) is 7. The van der Waals surface area contributed by atoms with Gasteiger partial charge in [0.05, 0.1) is 28.3 Å².